The van der Waals surface area contributed by atoms with Crippen LogP contribution in [0, 0.1) is 10.8 Å². The van der Waals surface area contributed by atoms with Gasteiger partial charge in [-0.15, -0.1) is 0 Å². The van der Waals surface area contributed by atoms with Gasteiger partial charge in [0.05, 0.1) is 18.8 Å². The second kappa shape index (κ2) is 5.76. The molecule has 0 radical (unpaired) electrons. The first-order chi connectivity index (χ1) is 11.6. The van der Waals surface area contributed by atoms with Crippen molar-refractivity contribution in [3.63, 3.8) is 0 Å². The fraction of sp³-hybridized carbons (Fsp3) is 0.684. The smallest absolute Gasteiger partial charge is 0.330 e. The highest BCUT2D eigenvalue weighted by Gasteiger charge is 2.76. The van der Waals surface area contributed by atoms with Crippen LogP contribution in [0.2, 0.25) is 0 Å². The summed E-state index contributed by atoms with van der Waals surface area (Å²) in [5.74, 6) is -0.525. The number of ether oxygens (including phenoxy) is 2. The van der Waals surface area contributed by atoms with Crippen molar-refractivity contribution in [2.75, 3.05) is 6.61 Å². The van der Waals surface area contributed by atoms with Crippen LogP contribution in [0.3, 0.4) is 0 Å². The summed E-state index contributed by atoms with van der Waals surface area (Å²) in [6.45, 7) is 6.62. The number of fused-ring (bicyclic) bond motifs is 4. The summed E-state index contributed by atoms with van der Waals surface area (Å²) in [5, 5.41) is 21.3. The third kappa shape index (κ3) is 2.20. The van der Waals surface area contributed by atoms with Crippen LogP contribution in [0.15, 0.2) is 23.8 Å². The molecule has 2 bridgehead atoms. The van der Waals surface area contributed by atoms with Gasteiger partial charge in [-0.05, 0) is 25.5 Å². The van der Waals surface area contributed by atoms with Gasteiger partial charge in [-0.2, -0.15) is 0 Å². The van der Waals surface area contributed by atoms with Crippen molar-refractivity contribution in [3.05, 3.63) is 23.8 Å². The molecule has 0 spiro atoms. The van der Waals surface area contributed by atoms with E-state index in [1.165, 1.54) is 6.08 Å². The standard InChI is InChI=1S/C19H26O6/c1-5-6-16(22)25-14-8-15-19(23,10-20)18(14,4)17(3)9-12(21)11(2)7-13(17)24-15/h5-7,13-15,20,23H,8-10H2,1-4H3/b6-5-/t13-,14-,15-,17+,18-,19+/m1/s1. The molecule has 0 unspecified atom stereocenters. The Bertz CT molecular complexity index is 667. The van der Waals surface area contributed by atoms with E-state index in [0.717, 1.165) is 0 Å². The molecular weight excluding hydrogens is 324 g/mol. The quantitative estimate of drug-likeness (QED) is 0.589. The summed E-state index contributed by atoms with van der Waals surface area (Å²) in [4.78, 5) is 24.5. The highest BCUT2D eigenvalue weighted by atomic mass is 16.6. The van der Waals surface area contributed by atoms with Crippen molar-refractivity contribution < 1.29 is 29.3 Å². The Hall–Kier alpha value is -1.50. The molecule has 3 aliphatic rings. The molecule has 6 heteroatoms. The van der Waals surface area contributed by atoms with Gasteiger partial charge >= 0.3 is 5.97 Å². The van der Waals surface area contributed by atoms with Crippen molar-refractivity contribution in [2.24, 2.45) is 10.8 Å². The number of rotatable bonds is 3. The summed E-state index contributed by atoms with van der Waals surface area (Å²) in [6, 6.07) is 0. The van der Waals surface area contributed by atoms with Crippen molar-refractivity contribution >= 4 is 11.8 Å². The fourth-order valence-electron chi connectivity index (χ4n) is 4.94. The van der Waals surface area contributed by atoms with Gasteiger partial charge in [0.1, 0.15) is 11.7 Å². The van der Waals surface area contributed by atoms with E-state index in [-0.39, 0.29) is 24.7 Å². The van der Waals surface area contributed by atoms with E-state index in [1.54, 1.807) is 32.9 Å². The Morgan fingerprint density at radius 3 is 2.76 bits per heavy atom. The number of carbonyl (C=O) groups excluding carboxylic acids is 2. The normalized spacial score (nSPS) is 46.1. The number of aliphatic hydroxyl groups is 2. The minimum absolute atomic E-state index is 0.0206. The van der Waals surface area contributed by atoms with Gasteiger partial charge in [-0.25, -0.2) is 4.79 Å². The van der Waals surface area contributed by atoms with Gasteiger partial charge in [0.2, 0.25) is 0 Å². The van der Waals surface area contributed by atoms with Crippen LogP contribution >= 0.6 is 0 Å². The first-order valence-corrected chi connectivity index (χ1v) is 8.67. The molecule has 2 N–H and O–H groups in total. The summed E-state index contributed by atoms with van der Waals surface area (Å²) >= 11 is 0. The number of aliphatic hydroxyl groups excluding tert-OH is 1. The van der Waals surface area contributed by atoms with Crippen LogP contribution in [0.5, 0.6) is 0 Å². The monoisotopic (exact) mass is 350 g/mol. The lowest BCUT2D eigenvalue weighted by atomic mass is 9.50. The summed E-state index contributed by atoms with van der Waals surface area (Å²) in [6.07, 6.45) is 3.45. The van der Waals surface area contributed by atoms with Gasteiger partial charge in [-0.3, -0.25) is 4.79 Å². The second-order valence-electron chi connectivity index (χ2n) is 7.86. The number of hydrogen-bond acceptors (Lipinski definition) is 6. The van der Waals surface area contributed by atoms with E-state index in [0.29, 0.717) is 5.57 Å². The molecule has 2 fully saturated rings. The Morgan fingerprint density at radius 2 is 2.16 bits per heavy atom. The molecule has 138 valence electrons. The molecule has 0 aromatic rings. The lowest BCUT2D eigenvalue weighted by Crippen LogP contribution is -2.70. The van der Waals surface area contributed by atoms with Crippen molar-refractivity contribution in [3.8, 4) is 0 Å². The molecule has 6 nitrogen and oxygen atoms in total. The maximum Gasteiger partial charge on any atom is 0.330 e. The predicted molar refractivity (Wildman–Crippen MR) is 89.6 cm³/mol. The van der Waals surface area contributed by atoms with Crippen LogP contribution in [0.4, 0.5) is 0 Å². The molecule has 0 aromatic carbocycles. The Balaban J connectivity index is 2.10. The molecule has 0 amide bonds. The van der Waals surface area contributed by atoms with E-state index >= 15 is 0 Å². The highest BCUT2D eigenvalue weighted by Crippen LogP contribution is 2.66. The van der Waals surface area contributed by atoms with Gasteiger partial charge in [-0.1, -0.05) is 19.9 Å². The summed E-state index contributed by atoms with van der Waals surface area (Å²) < 4.78 is 11.7. The van der Waals surface area contributed by atoms with Crippen LogP contribution in [-0.4, -0.2) is 52.5 Å². The Kier molecular flexibility index (Phi) is 4.21. The molecule has 1 saturated carbocycles. The summed E-state index contributed by atoms with van der Waals surface area (Å²) in [5.41, 5.74) is -2.76. The van der Waals surface area contributed by atoms with Crippen LogP contribution in [0.25, 0.3) is 0 Å². The zero-order valence-electron chi connectivity index (χ0n) is 15.1. The zero-order chi connectivity index (χ0) is 18.6. The van der Waals surface area contributed by atoms with Crippen molar-refractivity contribution in [1.29, 1.82) is 0 Å². The maximum absolute atomic E-state index is 12.4. The van der Waals surface area contributed by atoms with Gasteiger partial charge in [0.25, 0.3) is 0 Å². The number of ketones is 1. The van der Waals surface area contributed by atoms with E-state index in [1.807, 2.05) is 6.92 Å². The average Bonchev–Trinajstić information content (AvgIpc) is 2.70. The SMILES string of the molecule is C/C=C\C(=O)O[C@@H]1C[C@H]2O[C@@H]3C=C(C)C(=O)C[C@]3(C)[C@]1(C)[C@]2(O)CO. The number of esters is 1. The average molecular weight is 350 g/mol. The number of Topliss-reactive ketones (excluding diaryl/α,β-unsaturated/α-hetero) is 1. The predicted octanol–water partition coefficient (Wildman–Crippen LogP) is 1.30. The zero-order valence-corrected chi connectivity index (χ0v) is 15.1. The largest absolute Gasteiger partial charge is 0.458 e. The number of carbonyl (C=O) groups is 2. The number of hydrogen-bond donors (Lipinski definition) is 2. The first-order valence-electron chi connectivity index (χ1n) is 8.67. The van der Waals surface area contributed by atoms with Crippen molar-refractivity contribution in [1.82, 2.24) is 0 Å². The molecule has 6 atom stereocenters. The van der Waals surface area contributed by atoms with Gasteiger partial charge in [0, 0.05) is 29.7 Å². The lowest BCUT2D eigenvalue weighted by molar-refractivity contribution is -0.283. The molecule has 1 heterocycles. The van der Waals surface area contributed by atoms with Crippen LogP contribution < -0.4 is 0 Å². The third-order valence-corrected chi connectivity index (χ3v) is 6.80. The molecular formula is C19H26O6. The topological polar surface area (TPSA) is 93.1 Å². The molecule has 25 heavy (non-hydrogen) atoms. The molecule has 1 aliphatic heterocycles. The Labute approximate surface area is 147 Å². The fourth-order valence-corrected chi connectivity index (χ4v) is 4.94. The first kappa shape index (κ1) is 18.3. The third-order valence-electron chi connectivity index (χ3n) is 6.80. The van der Waals surface area contributed by atoms with Gasteiger partial charge in [0.15, 0.2) is 5.78 Å². The highest BCUT2D eigenvalue weighted by molar-refractivity contribution is 5.96. The number of allylic oxidation sites excluding steroid dienone is 2. The van der Waals surface area contributed by atoms with Crippen LogP contribution in [-0.2, 0) is 19.1 Å². The molecule has 3 rings (SSSR count). The lowest BCUT2D eigenvalue weighted by Gasteiger charge is -2.60. The minimum atomic E-state index is -1.58. The molecule has 1 saturated heterocycles. The second-order valence-corrected chi connectivity index (χ2v) is 7.86. The van der Waals surface area contributed by atoms with E-state index < -0.39 is 41.2 Å². The Morgan fingerprint density at radius 1 is 1.48 bits per heavy atom. The van der Waals surface area contributed by atoms with E-state index in [4.69, 9.17) is 9.47 Å². The van der Waals surface area contributed by atoms with Gasteiger partial charge < -0.3 is 19.7 Å². The molecule has 0 aromatic heterocycles. The minimum Gasteiger partial charge on any atom is -0.458 e. The van der Waals surface area contributed by atoms with Crippen molar-refractivity contribution in [2.45, 2.75) is 64.4 Å². The molecule has 2 aliphatic carbocycles. The van der Waals surface area contributed by atoms with E-state index in [9.17, 15) is 19.8 Å². The van der Waals surface area contributed by atoms with E-state index in [2.05, 4.69) is 0 Å². The summed E-state index contributed by atoms with van der Waals surface area (Å²) in [7, 11) is 0. The maximum atomic E-state index is 12.4. The van der Waals surface area contributed by atoms with Crippen LogP contribution in [0.1, 0.15) is 40.5 Å².